The molecule has 0 spiro atoms. The number of carbonyl (C=O) groups excluding carboxylic acids is 1. The monoisotopic (exact) mass is 919 g/mol. The zero-order chi connectivity index (χ0) is 47.0. The summed E-state index contributed by atoms with van der Waals surface area (Å²) >= 11 is 0. The van der Waals surface area contributed by atoms with Gasteiger partial charge in [0, 0.05) is 89.2 Å². The molecule has 2 aliphatic carbocycles. The van der Waals surface area contributed by atoms with Gasteiger partial charge in [-0.15, -0.1) is 0 Å². The summed E-state index contributed by atoms with van der Waals surface area (Å²) in [5, 5.41) is 22.1. The fourth-order valence-corrected chi connectivity index (χ4v) is 12.1. The molecule has 70 heavy (non-hydrogen) atoms. The number of fused-ring (bicyclic) bond motifs is 8. The summed E-state index contributed by atoms with van der Waals surface area (Å²) in [6, 6.07) is 41.7. The summed E-state index contributed by atoms with van der Waals surface area (Å²) in [5.74, 6) is 0.388. The van der Waals surface area contributed by atoms with Crippen LogP contribution in [0.15, 0.2) is 159 Å². The third kappa shape index (κ3) is 7.12. The first kappa shape index (κ1) is 41.8. The molecule has 4 bridgehead atoms. The van der Waals surface area contributed by atoms with E-state index in [0.29, 0.717) is 22.6 Å². The lowest BCUT2D eigenvalue weighted by Gasteiger charge is -2.29. The van der Waals surface area contributed by atoms with Gasteiger partial charge in [-0.25, -0.2) is 23.8 Å². The van der Waals surface area contributed by atoms with E-state index in [1.54, 1.807) is 22.8 Å². The molecule has 4 aliphatic rings. The first-order chi connectivity index (χ1) is 34.3. The van der Waals surface area contributed by atoms with Crippen molar-refractivity contribution in [3.63, 3.8) is 0 Å². The molecule has 6 aromatic carbocycles. The topological polar surface area (TPSA) is 147 Å². The Bertz CT molecular complexity index is 3450. The first-order valence-corrected chi connectivity index (χ1v) is 24.3. The predicted octanol–water partition coefficient (Wildman–Crippen LogP) is 11.2. The van der Waals surface area contributed by atoms with Crippen LogP contribution in [-0.2, 0) is 0 Å². The third-order valence-corrected chi connectivity index (χ3v) is 15.5. The van der Waals surface area contributed by atoms with Gasteiger partial charge in [0.25, 0.3) is 0 Å². The number of hydrogen-bond acceptors (Lipinski definition) is 8. The van der Waals surface area contributed by atoms with Crippen LogP contribution in [-0.4, -0.2) is 71.4 Å². The molecule has 2 aliphatic heterocycles. The van der Waals surface area contributed by atoms with Crippen molar-refractivity contribution in [1.82, 2.24) is 29.2 Å². The summed E-state index contributed by atoms with van der Waals surface area (Å²) in [6.07, 6.45) is 19.6. The largest absolute Gasteiger partial charge is 0.478 e. The second kappa shape index (κ2) is 16.7. The normalized spacial score (nSPS) is 19.1. The van der Waals surface area contributed by atoms with Crippen LogP contribution in [0.4, 0.5) is 11.4 Å². The highest BCUT2D eigenvalue weighted by Gasteiger charge is 2.38. The molecule has 0 unspecified atom stereocenters. The molecule has 12 nitrogen and oxygen atoms in total. The Hall–Kier alpha value is -8.38. The Morgan fingerprint density at radius 1 is 0.486 bits per heavy atom. The summed E-state index contributed by atoms with van der Waals surface area (Å²) in [7, 11) is 0. The van der Waals surface area contributed by atoms with Crippen molar-refractivity contribution in [3.05, 3.63) is 170 Å². The van der Waals surface area contributed by atoms with Crippen molar-refractivity contribution < 1.29 is 14.7 Å². The molecule has 12 heteroatoms. The lowest BCUT2D eigenvalue weighted by atomic mass is 9.96. The Morgan fingerprint density at radius 2 is 0.929 bits per heavy atom. The van der Waals surface area contributed by atoms with Crippen LogP contribution < -0.4 is 15.5 Å². The average molecular weight is 920 g/mol. The fourth-order valence-electron chi connectivity index (χ4n) is 12.1. The highest BCUT2D eigenvalue weighted by atomic mass is 16.4. The number of carboxylic acids is 1. The predicted molar refractivity (Wildman–Crippen MR) is 275 cm³/mol. The minimum atomic E-state index is -0.932. The highest BCUT2D eigenvalue weighted by Crippen LogP contribution is 2.42. The second-order valence-electron chi connectivity index (χ2n) is 19.5. The van der Waals surface area contributed by atoms with E-state index in [0.717, 1.165) is 89.8 Å². The highest BCUT2D eigenvalue weighted by molar-refractivity contribution is 6.12. The number of anilines is 2. The van der Waals surface area contributed by atoms with Gasteiger partial charge in [0.1, 0.15) is 0 Å². The summed E-state index contributed by atoms with van der Waals surface area (Å²) in [6.45, 7) is 2.39. The van der Waals surface area contributed by atoms with Gasteiger partial charge in [-0.05, 0) is 131 Å². The van der Waals surface area contributed by atoms with Crippen LogP contribution in [0, 0.1) is 11.8 Å². The number of rotatable bonds is 8. The van der Waals surface area contributed by atoms with Crippen molar-refractivity contribution in [2.24, 2.45) is 17.6 Å². The van der Waals surface area contributed by atoms with Crippen molar-refractivity contribution >= 4 is 56.1 Å². The zero-order valence-corrected chi connectivity index (χ0v) is 38.4. The maximum atomic E-state index is 11.9. The third-order valence-electron chi connectivity index (χ3n) is 15.5. The molecular formula is C58H49N9O3. The molecule has 344 valence electrons. The quantitative estimate of drug-likeness (QED) is 0.152. The van der Waals surface area contributed by atoms with Gasteiger partial charge in [0.2, 0.25) is 5.91 Å². The fraction of sp³-hybridized carbons (Fsp3) is 0.207. The van der Waals surface area contributed by atoms with E-state index in [9.17, 15) is 14.7 Å². The van der Waals surface area contributed by atoms with E-state index in [1.165, 1.54) is 63.0 Å². The molecule has 1 amide bonds. The summed E-state index contributed by atoms with van der Waals surface area (Å²) in [4.78, 5) is 38.3. The van der Waals surface area contributed by atoms with Crippen LogP contribution in [0.2, 0.25) is 0 Å². The van der Waals surface area contributed by atoms with Gasteiger partial charge < -0.3 is 20.6 Å². The molecule has 2 saturated heterocycles. The minimum absolute atomic E-state index is 0.293. The van der Waals surface area contributed by atoms with E-state index < -0.39 is 11.9 Å². The molecule has 4 aromatic heterocycles. The van der Waals surface area contributed by atoms with Gasteiger partial charge in [0.15, 0.2) is 11.3 Å². The van der Waals surface area contributed by atoms with Gasteiger partial charge in [0.05, 0.1) is 18.0 Å². The number of nitrogens with zero attached hydrogens (tertiary/aromatic N) is 8. The minimum Gasteiger partial charge on any atom is -0.478 e. The number of benzene rings is 6. The summed E-state index contributed by atoms with van der Waals surface area (Å²) < 4.78 is 3.63. The molecule has 6 heterocycles. The number of hydrogen-bond donors (Lipinski definition) is 2. The van der Waals surface area contributed by atoms with Gasteiger partial charge in [-0.3, -0.25) is 4.79 Å². The van der Waals surface area contributed by atoms with Crippen molar-refractivity contribution in [3.8, 4) is 44.5 Å². The Morgan fingerprint density at radius 3 is 1.34 bits per heavy atom. The van der Waals surface area contributed by atoms with Gasteiger partial charge >= 0.3 is 5.97 Å². The lowest BCUT2D eigenvalue weighted by molar-refractivity contribution is 0.0698. The Labute approximate surface area is 403 Å². The van der Waals surface area contributed by atoms with Crippen LogP contribution >= 0.6 is 0 Å². The lowest BCUT2D eigenvalue weighted by Crippen LogP contribution is -2.31. The molecule has 3 N–H and O–H groups in total. The van der Waals surface area contributed by atoms with E-state index in [1.807, 2.05) is 96.2 Å². The molecule has 10 aromatic rings. The molecule has 0 radical (unpaired) electrons. The maximum Gasteiger partial charge on any atom is 0.336 e. The Kier molecular flexibility index (Phi) is 9.96. The number of nitrogens with two attached hydrogens (primary N) is 1. The molecule has 14 rings (SSSR count). The molecule has 2 saturated carbocycles. The number of aromatic nitrogens is 6. The number of piperidine rings is 2. The van der Waals surface area contributed by atoms with Crippen LogP contribution in [0.3, 0.4) is 0 Å². The standard InChI is InChI=1S/C29H25N5O.C29H24N4O2/c30-28(35)26-12-11-25(23-3-1-2-4-24(23)26)27-15-32-34-17-20(14-31-29(27)34)19-6-9-21(10-7-19)33-16-18-5-8-22(33)13-18;34-29(35)26-12-11-25(23-3-1-2-4-24(23)26)27-15-31-33-17-20(14-30-28(27)33)19-6-9-21(10-7-19)32-16-18-5-8-22(32)13-18/h1-4,6-7,9-12,14-15,17-18,22H,5,8,13,16H2,(H2,30,35);1-4,6-7,9-12,14-15,17-18,22H,5,8,13,16H2,(H,34,35)/t2*18-,22+/m00/s1. The summed E-state index contributed by atoms with van der Waals surface area (Å²) in [5.41, 5.74) is 18.5. The number of aromatic carboxylic acids is 1. The average Bonchev–Trinajstić information content (AvgIpc) is 4.30. The van der Waals surface area contributed by atoms with Crippen LogP contribution in [0.1, 0.15) is 59.2 Å². The van der Waals surface area contributed by atoms with Gasteiger partial charge in [-0.1, -0.05) is 84.9 Å². The van der Waals surface area contributed by atoms with Crippen molar-refractivity contribution in [2.75, 3.05) is 22.9 Å². The number of amides is 1. The molecule has 4 fully saturated rings. The SMILES string of the molecule is NC(=O)c1ccc(-c2cnn3cc(-c4ccc(N5C[C@H]6CC[C@@H]5C6)cc4)cnc23)c2ccccc12.O=C(O)c1ccc(-c2cnn3cc(-c4ccc(N5C[C@H]6CC[C@@H]5C6)cc4)cnc23)c2ccccc12. The Balaban J connectivity index is 0.000000137. The maximum absolute atomic E-state index is 11.9. The molecular weight excluding hydrogens is 871 g/mol. The van der Waals surface area contributed by atoms with E-state index in [4.69, 9.17) is 15.7 Å². The van der Waals surface area contributed by atoms with Crippen LogP contribution in [0.25, 0.3) is 77.3 Å². The van der Waals surface area contributed by atoms with Crippen molar-refractivity contribution in [2.45, 2.75) is 50.6 Å². The smallest absolute Gasteiger partial charge is 0.336 e. The number of carbonyl (C=O) groups is 2. The number of primary amides is 1. The van der Waals surface area contributed by atoms with E-state index in [-0.39, 0.29) is 0 Å². The van der Waals surface area contributed by atoms with Crippen molar-refractivity contribution in [1.29, 1.82) is 0 Å². The van der Waals surface area contributed by atoms with E-state index in [2.05, 4.69) is 68.5 Å². The first-order valence-electron chi connectivity index (χ1n) is 24.3. The molecule has 4 atom stereocenters. The van der Waals surface area contributed by atoms with Gasteiger partial charge in [-0.2, -0.15) is 10.2 Å². The van der Waals surface area contributed by atoms with E-state index >= 15 is 0 Å². The second-order valence-corrected chi connectivity index (χ2v) is 19.5. The number of carboxylic acid groups (broad SMARTS) is 1. The zero-order valence-electron chi connectivity index (χ0n) is 38.4. The van der Waals surface area contributed by atoms with Crippen LogP contribution in [0.5, 0.6) is 0 Å².